The van der Waals surface area contributed by atoms with Crippen LogP contribution in [0, 0.1) is 0 Å². The number of nitrogens with zero attached hydrogens (tertiary/aromatic N) is 2. The van der Waals surface area contributed by atoms with E-state index < -0.39 is 0 Å². The molecule has 1 aromatic heterocycles. The molecule has 1 saturated heterocycles. The standard InChI is InChI=1S/C14H13Cl2N3OS/c15-9-1-2-11(12(16)7-9)13(20)18-10-3-5-19(8-10)14-17-4-6-21-14/h1-2,4,6-7,10H,3,5,8H2,(H,18,20). The molecule has 1 aromatic carbocycles. The zero-order valence-corrected chi connectivity index (χ0v) is 13.4. The largest absolute Gasteiger partial charge is 0.347 e. The molecule has 2 heterocycles. The summed E-state index contributed by atoms with van der Waals surface area (Å²) in [7, 11) is 0. The number of halogens is 2. The summed E-state index contributed by atoms with van der Waals surface area (Å²) in [5.41, 5.74) is 0.453. The molecule has 0 radical (unpaired) electrons. The Labute approximate surface area is 136 Å². The van der Waals surface area contributed by atoms with Gasteiger partial charge in [-0.1, -0.05) is 23.2 Å². The molecular weight excluding hydrogens is 329 g/mol. The highest BCUT2D eigenvalue weighted by molar-refractivity contribution is 7.13. The number of nitrogens with one attached hydrogen (secondary N) is 1. The molecule has 1 aliphatic heterocycles. The average Bonchev–Trinajstić information content (AvgIpc) is 3.08. The number of thiazole rings is 1. The fourth-order valence-electron chi connectivity index (χ4n) is 2.36. The third kappa shape index (κ3) is 3.31. The van der Waals surface area contributed by atoms with Crippen molar-refractivity contribution in [2.75, 3.05) is 18.0 Å². The van der Waals surface area contributed by atoms with Gasteiger partial charge in [0.05, 0.1) is 10.6 Å². The predicted molar refractivity (Wildman–Crippen MR) is 86.7 cm³/mol. The molecule has 1 unspecified atom stereocenters. The lowest BCUT2D eigenvalue weighted by Crippen LogP contribution is -2.37. The maximum absolute atomic E-state index is 12.3. The molecule has 0 bridgehead atoms. The van der Waals surface area contributed by atoms with Gasteiger partial charge in [0.2, 0.25) is 0 Å². The molecule has 1 N–H and O–H groups in total. The van der Waals surface area contributed by atoms with Gasteiger partial charge in [-0.3, -0.25) is 4.79 Å². The molecule has 110 valence electrons. The maximum atomic E-state index is 12.3. The number of anilines is 1. The molecule has 0 spiro atoms. The number of aromatic nitrogens is 1. The van der Waals surface area contributed by atoms with E-state index >= 15 is 0 Å². The second-order valence-corrected chi connectivity index (χ2v) is 6.56. The Kier molecular flexibility index (Phi) is 4.33. The van der Waals surface area contributed by atoms with Gasteiger partial charge in [-0.05, 0) is 24.6 Å². The van der Waals surface area contributed by atoms with Crippen molar-refractivity contribution in [2.45, 2.75) is 12.5 Å². The summed E-state index contributed by atoms with van der Waals surface area (Å²) in [4.78, 5) is 18.7. The molecule has 2 aromatic rings. The van der Waals surface area contributed by atoms with Crippen molar-refractivity contribution in [3.8, 4) is 0 Å². The lowest BCUT2D eigenvalue weighted by Gasteiger charge is -2.16. The van der Waals surface area contributed by atoms with E-state index in [4.69, 9.17) is 23.2 Å². The van der Waals surface area contributed by atoms with E-state index in [2.05, 4.69) is 15.2 Å². The molecule has 1 atom stereocenters. The van der Waals surface area contributed by atoms with Gasteiger partial charge < -0.3 is 10.2 Å². The fourth-order valence-corrected chi connectivity index (χ4v) is 3.54. The first-order valence-corrected chi connectivity index (χ1v) is 8.17. The van der Waals surface area contributed by atoms with Crippen molar-refractivity contribution in [2.24, 2.45) is 0 Å². The van der Waals surface area contributed by atoms with Gasteiger partial charge in [-0.25, -0.2) is 4.98 Å². The highest BCUT2D eigenvalue weighted by atomic mass is 35.5. The van der Waals surface area contributed by atoms with Crippen molar-refractivity contribution in [3.63, 3.8) is 0 Å². The zero-order valence-electron chi connectivity index (χ0n) is 11.1. The molecule has 21 heavy (non-hydrogen) atoms. The minimum Gasteiger partial charge on any atom is -0.347 e. The molecule has 1 fully saturated rings. The highest BCUT2D eigenvalue weighted by Gasteiger charge is 2.26. The second-order valence-electron chi connectivity index (χ2n) is 4.84. The number of hydrogen-bond donors (Lipinski definition) is 1. The zero-order chi connectivity index (χ0) is 14.8. The number of amides is 1. The van der Waals surface area contributed by atoms with Crippen LogP contribution in [-0.2, 0) is 0 Å². The smallest absolute Gasteiger partial charge is 0.253 e. The SMILES string of the molecule is O=C(NC1CCN(c2nccs2)C1)c1ccc(Cl)cc1Cl. The maximum Gasteiger partial charge on any atom is 0.253 e. The van der Waals surface area contributed by atoms with Crippen LogP contribution in [0.2, 0.25) is 10.0 Å². The van der Waals surface area contributed by atoms with Crippen molar-refractivity contribution < 1.29 is 4.79 Å². The van der Waals surface area contributed by atoms with Crippen LogP contribution in [0.1, 0.15) is 16.8 Å². The molecule has 1 amide bonds. The Balaban J connectivity index is 1.63. The van der Waals surface area contributed by atoms with E-state index in [-0.39, 0.29) is 11.9 Å². The third-order valence-corrected chi connectivity index (χ3v) is 4.77. The number of carbonyl (C=O) groups excluding carboxylic acids is 1. The van der Waals surface area contributed by atoms with Gasteiger partial charge in [0, 0.05) is 35.7 Å². The van der Waals surface area contributed by atoms with Gasteiger partial charge >= 0.3 is 0 Å². The Morgan fingerprint density at radius 1 is 1.43 bits per heavy atom. The summed E-state index contributed by atoms with van der Waals surface area (Å²) in [5.74, 6) is -0.164. The van der Waals surface area contributed by atoms with E-state index in [9.17, 15) is 4.79 Å². The summed E-state index contributed by atoms with van der Waals surface area (Å²) in [6, 6.07) is 4.99. The molecule has 4 nitrogen and oxygen atoms in total. The third-order valence-electron chi connectivity index (χ3n) is 3.39. The molecule has 7 heteroatoms. The van der Waals surface area contributed by atoms with Gasteiger partial charge in [0.15, 0.2) is 5.13 Å². The van der Waals surface area contributed by atoms with Crippen molar-refractivity contribution in [1.82, 2.24) is 10.3 Å². The van der Waals surface area contributed by atoms with Crippen molar-refractivity contribution in [3.05, 3.63) is 45.4 Å². The first kappa shape index (κ1) is 14.6. The summed E-state index contributed by atoms with van der Waals surface area (Å²) >= 11 is 13.5. The average molecular weight is 342 g/mol. The molecule has 1 aliphatic rings. The van der Waals surface area contributed by atoms with Crippen molar-refractivity contribution in [1.29, 1.82) is 0 Å². The van der Waals surface area contributed by atoms with Crippen LogP contribution in [0.5, 0.6) is 0 Å². The molecule has 0 aliphatic carbocycles. The predicted octanol–water partition coefficient (Wildman–Crippen LogP) is 3.46. The number of rotatable bonds is 3. The summed E-state index contributed by atoms with van der Waals surface area (Å²) in [5, 5.41) is 6.86. The number of hydrogen-bond acceptors (Lipinski definition) is 4. The van der Waals surface area contributed by atoms with Crippen LogP contribution < -0.4 is 10.2 Å². The normalized spacial score (nSPS) is 18.0. The monoisotopic (exact) mass is 341 g/mol. The fraction of sp³-hybridized carbons (Fsp3) is 0.286. The molecule has 3 rings (SSSR count). The van der Waals surface area contributed by atoms with Gasteiger partial charge in [-0.2, -0.15) is 0 Å². The first-order valence-electron chi connectivity index (χ1n) is 6.54. The van der Waals surface area contributed by atoms with Crippen LogP contribution >= 0.6 is 34.5 Å². The van der Waals surface area contributed by atoms with E-state index in [1.54, 1.807) is 35.7 Å². The minimum atomic E-state index is -0.164. The second kappa shape index (κ2) is 6.22. The Morgan fingerprint density at radius 2 is 2.29 bits per heavy atom. The number of carbonyl (C=O) groups is 1. The lowest BCUT2D eigenvalue weighted by atomic mass is 10.2. The van der Waals surface area contributed by atoms with E-state index in [1.807, 2.05) is 5.38 Å². The lowest BCUT2D eigenvalue weighted by molar-refractivity contribution is 0.0940. The van der Waals surface area contributed by atoms with Crippen LogP contribution in [0.3, 0.4) is 0 Å². The quantitative estimate of drug-likeness (QED) is 0.929. The Bertz CT molecular complexity index is 648. The van der Waals surface area contributed by atoms with E-state index in [0.717, 1.165) is 24.6 Å². The summed E-state index contributed by atoms with van der Waals surface area (Å²) in [6.07, 6.45) is 2.69. The Morgan fingerprint density at radius 3 is 3.00 bits per heavy atom. The summed E-state index contributed by atoms with van der Waals surface area (Å²) in [6.45, 7) is 1.66. The highest BCUT2D eigenvalue weighted by Crippen LogP contribution is 2.24. The van der Waals surface area contributed by atoms with Crippen molar-refractivity contribution >= 4 is 45.6 Å². The Hall–Kier alpha value is -1.30. The molecular formula is C14H13Cl2N3OS. The van der Waals surface area contributed by atoms with Gasteiger partial charge in [0.1, 0.15) is 0 Å². The first-order chi connectivity index (χ1) is 10.1. The topological polar surface area (TPSA) is 45.2 Å². The van der Waals surface area contributed by atoms with Crippen LogP contribution in [-0.4, -0.2) is 30.0 Å². The van der Waals surface area contributed by atoms with E-state index in [0.29, 0.717) is 15.6 Å². The van der Waals surface area contributed by atoms with E-state index in [1.165, 1.54) is 0 Å². The molecule has 0 saturated carbocycles. The summed E-state index contributed by atoms with van der Waals surface area (Å²) < 4.78 is 0. The van der Waals surface area contributed by atoms with Gasteiger partial charge in [-0.15, -0.1) is 11.3 Å². The van der Waals surface area contributed by atoms with Crippen LogP contribution in [0.4, 0.5) is 5.13 Å². The van der Waals surface area contributed by atoms with Crippen LogP contribution in [0.15, 0.2) is 29.8 Å². The van der Waals surface area contributed by atoms with Crippen LogP contribution in [0.25, 0.3) is 0 Å². The number of benzene rings is 1. The minimum absolute atomic E-state index is 0.105. The van der Waals surface area contributed by atoms with Gasteiger partial charge in [0.25, 0.3) is 5.91 Å².